The summed E-state index contributed by atoms with van der Waals surface area (Å²) in [5, 5.41) is 4.34. The maximum Gasteiger partial charge on any atom is 0.264 e. The Hall–Kier alpha value is -0.390. The van der Waals surface area contributed by atoms with E-state index in [0.29, 0.717) is 6.42 Å². The van der Waals surface area contributed by atoms with Crippen molar-refractivity contribution in [2.24, 2.45) is 0 Å². The molecule has 3 nitrogen and oxygen atoms in total. The topological polar surface area (TPSA) is 54.4 Å². The number of aryl methyl sites for hydroxylation is 1. The van der Waals surface area contributed by atoms with Crippen LogP contribution in [0.15, 0.2) is 16.8 Å². The fourth-order valence-electron chi connectivity index (χ4n) is 2.11. The molecule has 1 rings (SSSR count). The predicted octanol–water partition coefficient (Wildman–Crippen LogP) is 4.30. The minimum Gasteiger partial charge on any atom is -0.286 e. The summed E-state index contributed by atoms with van der Waals surface area (Å²) in [6, 6.07) is 2.19. The van der Waals surface area contributed by atoms with Gasteiger partial charge in [-0.25, -0.2) is 0 Å². The van der Waals surface area contributed by atoms with Gasteiger partial charge in [-0.2, -0.15) is 19.8 Å². The normalized spacial score (nSPS) is 11.8. The highest BCUT2D eigenvalue weighted by molar-refractivity contribution is 7.85. The summed E-state index contributed by atoms with van der Waals surface area (Å²) in [4.78, 5) is 0. The van der Waals surface area contributed by atoms with E-state index in [2.05, 4.69) is 16.8 Å². The fraction of sp³-hybridized carbons (Fsp3) is 0.714. The molecule has 0 aliphatic rings. The maximum absolute atomic E-state index is 10.5. The highest BCUT2D eigenvalue weighted by Gasteiger charge is 2.02. The van der Waals surface area contributed by atoms with E-state index in [0.717, 1.165) is 12.8 Å². The average molecular weight is 304 g/mol. The third-order valence-corrected chi connectivity index (χ3v) is 4.73. The van der Waals surface area contributed by atoms with Crippen molar-refractivity contribution in [1.29, 1.82) is 0 Å². The van der Waals surface area contributed by atoms with Crippen LogP contribution in [0.5, 0.6) is 0 Å². The molecule has 0 spiro atoms. The molecule has 0 bridgehead atoms. The molecule has 0 saturated carbocycles. The second kappa shape index (κ2) is 9.50. The number of hydrogen-bond acceptors (Lipinski definition) is 3. The van der Waals surface area contributed by atoms with E-state index in [9.17, 15) is 8.42 Å². The summed E-state index contributed by atoms with van der Waals surface area (Å²) in [6.07, 6.45) is 9.95. The van der Waals surface area contributed by atoms with E-state index in [1.807, 2.05) is 0 Å². The van der Waals surface area contributed by atoms with Gasteiger partial charge in [0.1, 0.15) is 0 Å². The van der Waals surface area contributed by atoms with Crippen LogP contribution in [0.25, 0.3) is 0 Å². The van der Waals surface area contributed by atoms with Crippen LogP contribution in [-0.4, -0.2) is 18.7 Å². The molecule has 110 valence electrons. The first kappa shape index (κ1) is 16.7. The predicted molar refractivity (Wildman–Crippen MR) is 81.4 cm³/mol. The summed E-state index contributed by atoms with van der Waals surface area (Å²) in [5.74, 6) is -0.0896. The van der Waals surface area contributed by atoms with Crippen molar-refractivity contribution in [3.8, 4) is 0 Å². The van der Waals surface area contributed by atoms with Crippen molar-refractivity contribution in [3.63, 3.8) is 0 Å². The summed E-state index contributed by atoms with van der Waals surface area (Å²) in [7, 11) is -3.75. The molecule has 0 aliphatic carbocycles. The van der Waals surface area contributed by atoms with Gasteiger partial charge in [0.2, 0.25) is 0 Å². The van der Waals surface area contributed by atoms with Crippen molar-refractivity contribution < 1.29 is 13.0 Å². The monoisotopic (exact) mass is 304 g/mol. The summed E-state index contributed by atoms with van der Waals surface area (Å²) in [6.45, 7) is 0. The lowest BCUT2D eigenvalue weighted by Gasteiger charge is -2.02. The van der Waals surface area contributed by atoms with Crippen molar-refractivity contribution in [2.75, 3.05) is 5.75 Å². The van der Waals surface area contributed by atoms with Gasteiger partial charge in [-0.05, 0) is 41.7 Å². The molecule has 1 aromatic heterocycles. The molecule has 0 atom stereocenters. The first-order chi connectivity index (χ1) is 9.08. The van der Waals surface area contributed by atoms with Gasteiger partial charge >= 0.3 is 0 Å². The largest absolute Gasteiger partial charge is 0.286 e. The molecule has 19 heavy (non-hydrogen) atoms. The smallest absolute Gasteiger partial charge is 0.264 e. The molecule has 5 heteroatoms. The molecule has 1 aromatic rings. The minimum absolute atomic E-state index is 0.0896. The fourth-order valence-corrected chi connectivity index (χ4v) is 3.38. The molecule has 1 heterocycles. The molecule has 0 amide bonds. The third-order valence-electron chi connectivity index (χ3n) is 3.20. The van der Waals surface area contributed by atoms with Crippen LogP contribution in [0.4, 0.5) is 0 Å². The van der Waals surface area contributed by atoms with E-state index in [1.165, 1.54) is 44.1 Å². The number of rotatable bonds is 11. The first-order valence-corrected chi connectivity index (χ1v) is 9.59. The Bertz CT molecular complexity index is 410. The van der Waals surface area contributed by atoms with Gasteiger partial charge in [0, 0.05) is 0 Å². The van der Waals surface area contributed by atoms with Gasteiger partial charge in [-0.15, -0.1) is 0 Å². The Balaban J connectivity index is 1.81. The number of unbranched alkanes of at least 4 members (excludes halogenated alkanes) is 7. The quantitative estimate of drug-likeness (QED) is 0.490. The van der Waals surface area contributed by atoms with E-state index >= 15 is 0 Å². The van der Waals surface area contributed by atoms with Crippen LogP contribution >= 0.6 is 11.3 Å². The molecule has 0 unspecified atom stereocenters. The van der Waals surface area contributed by atoms with Gasteiger partial charge < -0.3 is 0 Å². The van der Waals surface area contributed by atoms with Gasteiger partial charge in [0.25, 0.3) is 10.1 Å². The number of thiophene rings is 1. The summed E-state index contributed by atoms with van der Waals surface area (Å²) < 4.78 is 29.6. The SMILES string of the molecule is O=S(=O)(O)CCCCCCCCCCc1ccsc1. The molecular weight excluding hydrogens is 280 g/mol. The molecule has 0 radical (unpaired) electrons. The molecular formula is C14H24O3S2. The van der Waals surface area contributed by atoms with Crippen molar-refractivity contribution in [1.82, 2.24) is 0 Å². The summed E-state index contributed by atoms with van der Waals surface area (Å²) in [5.41, 5.74) is 1.45. The van der Waals surface area contributed by atoms with Crippen molar-refractivity contribution >= 4 is 21.5 Å². The van der Waals surface area contributed by atoms with Crippen LogP contribution in [-0.2, 0) is 16.5 Å². The minimum atomic E-state index is -3.75. The average Bonchev–Trinajstić information content (AvgIpc) is 2.83. The van der Waals surface area contributed by atoms with Gasteiger partial charge in [0.05, 0.1) is 5.75 Å². The zero-order valence-electron chi connectivity index (χ0n) is 11.4. The standard InChI is InChI=1S/C14H24O3S2/c15-19(16,17)12-8-6-4-2-1-3-5-7-9-14-10-11-18-13-14/h10-11,13H,1-9,12H2,(H,15,16,17). The maximum atomic E-state index is 10.5. The Kier molecular flexibility index (Phi) is 8.34. The zero-order valence-corrected chi connectivity index (χ0v) is 13.0. The van der Waals surface area contributed by atoms with E-state index in [4.69, 9.17) is 4.55 Å². The molecule has 0 aromatic carbocycles. The molecule has 0 aliphatic heterocycles. The lowest BCUT2D eigenvalue weighted by molar-refractivity contribution is 0.478. The Morgan fingerprint density at radius 2 is 1.53 bits per heavy atom. The lowest BCUT2D eigenvalue weighted by Crippen LogP contribution is -2.03. The molecule has 0 fully saturated rings. The molecule has 0 saturated heterocycles. The van der Waals surface area contributed by atoms with Crippen LogP contribution in [0.3, 0.4) is 0 Å². The van der Waals surface area contributed by atoms with E-state index in [-0.39, 0.29) is 5.75 Å². The highest BCUT2D eigenvalue weighted by atomic mass is 32.2. The number of hydrogen-bond donors (Lipinski definition) is 1. The third kappa shape index (κ3) is 10.1. The summed E-state index contributed by atoms with van der Waals surface area (Å²) >= 11 is 1.76. The van der Waals surface area contributed by atoms with E-state index in [1.54, 1.807) is 11.3 Å². The van der Waals surface area contributed by atoms with Gasteiger partial charge in [0.15, 0.2) is 0 Å². The first-order valence-electron chi connectivity index (χ1n) is 7.04. The lowest BCUT2D eigenvalue weighted by atomic mass is 10.1. The van der Waals surface area contributed by atoms with Crippen LogP contribution in [0, 0.1) is 0 Å². The Morgan fingerprint density at radius 1 is 0.947 bits per heavy atom. The van der Waals surface area contributed by atoms with Crippen molar-refractivity contribution in [2.45, 2.75) is 57.8 Å². The van der Waals surface area contributed by atoms with Crippen LogP contribution in [0.1, 0.15) is 56.9 Å². The van der Waals surface area contributed by atoms with E-state index < -0.39 is 10.1 Å². The van der Waals surface area contributed by atoms with Gasteiger partial charge in [-0.3, -0.25) is 4.55 Å². The zero-order chi connectivity index (χ0) is 14.0. The highest BCUT2D eigenvalue weighted by Crippen LogP contribution is 2.13. The van der Waals surface area contributed by atoms with Gasteiger partial charge in [-0.1, -0.05) is 38.5 Å². The van der Waals surface area contributed by atoms with Crippen LogP contribution < -0.4 is 0 Å². The Morgan fingerprint density at radius 3 is 2.05 bits per heavy atom. The van der Waals surface area contributed by atoms with Crippen molar-refractivity contribution in [3.05, 3.63) is 22.4 Å². The molecule has 1 N–H and O–H groups in total. The second-order valence-electron chi connectivity index (χ2n) is 5.00. The van der Waals surface area contributed by atoms with Crippen LogP contribution in [0.2, 0.25) is 0 Å². The Labute approximate surface area is 120 Å². The second-order valence-corrected chi connectivity index (χ2v) is 7.35.